The zero-order valence-corrected chi connectivity index (χ0v) is 13.8. The predicted octanol–water partition coefficient (Wildman–Crippen LogP) is 2.41. The van der Waals surface area contributed by atoms with E-state index in [0.29, 0.717) is 0 Å². The Morgan fingerprint density at radius 3 is 2.37 bits per heavy atom. The Kier molecular flexibility index (Phi) is 6.78. The van der Waals surface area contributed by atoms with Crippen LogP contribution in [0.2, 0.25) is 0 Å². The standard InChI is InChI=1S/C16H35N3/c1-6-19(11-7-10-18(4)5)16(13-17)9-8-14(2)12-15(16)3/h14-15H,6-13,17H2,1-5H3. The Balaban J connectivity index is 2.68. The first-order valence-electron chi connectivity index (χ1n) is 8.06. The molecule has 2 N–H and O–H groups in total. The maximum atomic E-state index is 6.23. The second-order valence-corrected chi connectivity index (χ2v) is 6.82. The smallest absolute Gasteiger partial charge is 0.0357 e. The summed E-state index contributed by atoms with van der Waals surface area (Å²) < 4.78 is 0. The van der Waals surface area contributed by atoms with Gasteiger partial charge in [0.15, 0.2) is 0 Å². The first kappa shape index (κ1) is 16.9. The van der Waals surface area contributed by atoms with Gasteiger partial charge in [0.2, 0.25) is 0 Å². The molecule has 114 valence electrons. The Morgan fingerprint density at radius 2 is 1.89 bits per heavy atom. The van der Waals surface area contributed by atoms with Crippen LogP contribution in [0, 0.1) is 11.8 Å². The summed E-state index contributed by atoms with van der Waals surface area (Å²) in [6.07, 6.45) is 5.19. The summed E-state index contributed by atoms with van der Waals surface area (Å²) in [5, 5.41) is 0. The third-order valence-corrected chi connectivity index (χ3v) is 5.14. The minimum Gasteiger partial charge on any atom is -0.329 e. The fourth-order valence-electron chi connectivity index (χ4n) is 3.86. The molecule has 0 aliphatic heterocycles. The molecule has 1 aliphatic carbocycles. The first-order chi connectivity index (χ1) is 8.96. The molecule has 0 spiro atoms. The van der Waals surface area contributed by atoms with Crippen LogP contribution in [0.1, 0.15) is 46.5 Å². The highest BCUT2D eigenvalue weighted by molar-refractivity contribution is 4.99. The molecule has 1 fully saturated rings. The third kappa shape index (κ3) is 4.17. The van der Waals surface area contributed by atoms with Gasteiger partial charge in [0.05, 0.1) is 0 Å². The summed E-state index contributed by atoms with van der Waals surface area (Å²) in [5.41, 5.74) is 6.49. The lowest BCUT2D eigenvalue weighted by molar-refractivity contribution is 0.00149. The van der Waals surface area contributed by atoms with Crippen molar-refractivity contribution >= 4 is 0 Å². The van der Waals surface area contributed by atoms with Crippen molar-refractivity contribution in [3.05, 3.63) is 0 Å². The van der Waals surface area contributed by atoms with E-state index in [1.165, 1.54) is 38.8 Å². The summed E-state index contributed by atoms with van der Waals surface area (Å²) in [4.78, 5) is 4.95. The monoisotopic (exact) mass is 269 g/mol. The van der Waals surface area contributed by atoms with Gasteiger partial charge in [-0.3, -0.25) is 4.90 Å². The summed E-state index contributed by atoms with van der Waals surface area (Å²) in [6.45, 7) is 11.4. The maximum Gasteiger partial charge on any atom is 0.0357 e. The quantitative estimate of drug-likeness (QED) is 0.770. The van der Waals surface area contributed by atoms with Gasteiger partial charge in [-0.15, -0.1) is 0 Å². The molecular weight excluding hydrogens is 234 g/mol. The van der Waals surface area contributed by atoms with E-state index in [-0.39, 0.29) is 5.54 Å². The molecule has 0 radical (unpaired) electrons. The van der Waals surface area contributed by atoms with Crippen LogP contribution in [0.15, 0.2) is 0 Å². The predicted molar refractivity (Wildman–Crippen MR) is 84.4 cm³/mol. The fourth-order valence-corrected chi connectivity index (χ4v) is 3.86. The van der Waals surface area contributed by atoms with Gasteiger partial charge in [-0.1, -0.05) is 20.8 Å². The zero-order chi connectivity index (χ0) is 14.5. The number of nitrogens with zero attached hydrogens (tertiary/aromatic N) is 2. The minimum atomic E-state index is 0.258. The van der Waals surface area contributed by atoms with Gasteiger partial charge in [0.1, 0.15) is 0 Å². The Labute approximate surface area is 120 Å². The lowest BCUT2D eigenvalue weighted by Gasteiger charge is -2.51. The Bertz CT molecular complexity index is 254. The second kappa shape index (κ2) is 7.61. The highest BCUT2D eigenvalue weighted by Crippen LogP contribution is 2.40. The molecule has 0 bridgehead atoms. The van der Waals surface area contributed by atoms with E-state index in [0.717, 1.165) is 24.9 Å². The minimum absolute atomic E-state index is 0.258. The Morgan fingerprint density at radius 1 is 1.21 bits per heavy atom. The van der Waals surface area contributed by atoms with Crippen LogP contribution in [0.5, 0.6) is 0 Å². The summed E-state index contributed by atoms with van der Waals surface area (Å²) in [5.74, 6) is 1.59. The molecule has 19 heavy (non-hydrogen) atoms. The van der Waals surface area contributed by atoms with Crippen LogP contribution in [0.4, 0.5) is 0 Å². The number of hydrogen-bond acceptors (Lipinski definition) is 3. The summed E-state index contributed by atoms with van der Waals surface area (Å²) in [7, 11) is 4.31. The average Bonchev–Trinajstić information content (AvgIpc) is 2.36. The molecular formula is C16H35N3. The molecule has 1 aliphatic rings. The largest absolute Gasteiger partial charge is 0.329 e. The van der Waals surface area contributed by atoms with Crippen molar-refractivity contribution in [1.29, 1.82) is 0 Å². The molecule has 0 saturated heterocycles. The molecule has 3 atom stereocenters. The molecule has 3 unspecified atom stereocenters. The molecule has 0 heterocycles. The van der Waals surface area contributed by atoms with Crippen molar-refractivity contribution in [3.8, 4) is 0 Å². The van der Waals surface area contributed by atoms with E-state index in [1.54, 1.807) is 0 Å². The normalized spacial score (nSPS) is 32.2. The van der Waals surface area contributed by atoms with E-state index < -0.39 is 0 Å². The molecule has 1 saturated carbocycles. The topological polar surface area (TPSA) is 32.5 Å². The lowest BCUT2D eigenvalue weighted by atomic mass is 9.69. The number of likely N-dealkylation sites (N-methyl/N-ethyl adjacent to an activating group) is 1. The van der Waals surface area contributed by atoms with Crippen LogP contribution < -0.4 is 5.73 Å². The molecule has 3 nitrogen and oxygen atoms in total. The second-order valence-electron chi connectivity index (χ2n) is 6.82. The molecule has 0 aromatic carbocycles. The van der Waals surface area contributed by atoms with Gasteiger partial charge >= 0.3 is 0 Å². The van der Waals surface area contributed by atoms with Crippen LogP contribution in [0.3, 0.4) is 0 Å². The van der Waals surface area contributed by atoms with Crippen molar-refractivity contribution in [2.75, 3.05) is 40.3 Å². The van der Waals surface area contributed by atoms with Crippen molar-refractivity contribution in [2.24, 2.45) is 17.6 Å². The van der Waals surface area contributed by atoms with Crippen molar-refractivity contribution in [1.82, 2.24) is 9.80 Å². The average molecular weight is 269 g/mol. The van der Waals surface area contributed by atoms with E-state index >= 15 is 0 Å². The van der Waals surface area contributed by atoms with Gasteiger partial charge in [-0.25, -0.2) is 0 Å². The zero-order valence-electron chi connectivity index (χ0n) is 13.8. The van der Waals surface area contributed by atoms with Crippen molar-refractivity contribution < 1.29 is 0 Å². The molecule has 0 aromatic heterocycles. The van der Waals surface area contributed by atoms with Gasteiger partial charge < -0.3 is 10.6 Å². The fraction of sp³-hybridized carbons (Fsp3) is 1.00. The van der Waals surface area contributed by atoms with Crippen molar-refractivity contribution in [3.63, 3.8) is 0 Å². The van der Waals surface area contributed by atoms with E-state index in [9.17, 15) is 0 Å². The van der Waals surface area contributed by atoms with E-state index in [4.69, 9.17) is 5.73 Å². The van der Waals surface area contributed by atoms with E-state index in [2.05, 4.69) is 44.7 Å². The van der Waals surface area contributed by atoms with Crippen LogP contribution in [0.25, 0.3) is 0 Å². The van der Waals surface area contributed by atoms with Crippen LogP contribution >= 0.6 is 0 Å². The van der Waals surface area contributed by atoms with Crippen LogP contribution in [-0.4, -0.2) is 55.6 Å². The molecule has 0 amide bonds. The first-order valence-corrected chi connectivity index (χ1v) is 8.06. The number of rotatable bonds is 7. The molecule has 0 aromatic rings. The van der Waals surface area contributed by atoms with Crippen LogP contribution in [-0.2, 0) is 0 Å². The number of hydrogen-bond donors (Lipinski definition) is 1. The Hall–Kier alpha value is -0.120. The van der Waals surface area contributed by atoms with Gasteiger partial charge in [0, 0.05) is 12.1 Å². The van der Waals surface area contributed by atoms with Gasteiger partial charge in [-0.2, -0.15) is 0 Å². The SMILES string of the molecule is CCN(CCCN(C)C)C1(CN)CCC(C)CC1C. The number of nitrogens with two attached hydrogens (primary N) is 1. The van der Waals surface area contributed by atoms with E-state index in [1.807, 2.05) is 0 Å². The van der Waals surface area contributed by atoms with Gasteiger partial charge in [0.25, 0.3) is 0 Å². The summed E-state index contributed by atoms with van der Waals surface area (Å²) >= 11 is 0. The van der Waals surface area contributed by atoms with Crippen molar-refractivity contribution in [2.45, 2.75) is 52.0 Å². The van der Waals surface area contributed by atoms with Gasteiger partial charge in [-0.05, 0) is 71.2 Å². The molecule has 1 rings (SSSR count). The highest BCUT2D eigenvalue weighted by atomic mass is 15.2. The third-order valence-electron chi connectivity index (χ3n) is 5.14. The highest BCUT2D eigenvalue weighted by Gasteiger charge is 2.42. The summed E-state index contributed by atoms with van der Waals surface area (Å²) in [6, 6.07) is 0. The molecule has 3 heteroatoms. The lowest BCUT2D eigenvalue weighted by Crippen LogP contribution is -2.60. The maximum absolute atomic E-state index is 6.23.